The number of nitrogens with one attached hydrogen (secondary N) is 5. The summed E-state index contributed by atoms with van der Waals surface area (Å²) in [6.07, 6.45) is 49.7. The van der Waals surface area contributed by atoms with Crippen LogP contribution in [0.4, 0.5) is 0 Å². The van der Waals surface area contributed by atoms with Crippen molar-refractivity contribution in [3.8, 4) is 89.0 Å². The summed E-state index contributed by atoms with van der Waals surface area (Å²) in [5.41, 5.74) is 28.2. The molecule has 10 heterocycles. The van der Waals surface area contributed by atoms with Crippen molar-refractivity contribution in [2.24, 2.45) is 0 Å². The summed E-state index contributed by atoms with van der Waals surface area (Å²) in [5, 5.41) is 3.15. The number of nitrogens with zero attached hydrogens (tertiary/aromatic N) is 4. The van der Waals surface area contributed by atoms with E-state index >= 15 is 9.59 Å². The number of amides is 1. The van der Waals surface area contributed by atoms with Crippen LogP contribution in [-0.2, 0) is 14.3 Å². The van der Waals surface area contributed by atoms with Crippen LogP contribution in [0.2, 0.25) is 0 Å². The van der Waals surface area contributed by atoms with Gasteiger partial charge in [0.05, 0.1) is 56.7 Å². The van der Waals surface area contributed by atoms with Gasteiger partial charge in [-0.25, -0.2) is 29.5 Å². The fourth-order valence-corrected chi connectivity index (χ4v) is 19.8. The molecule has 14 heteroatoms. The van der Waals surface area contributed by atoms with E-state index in [0.29, 0.717) is 24.2 Å². The smallest absolute Gasteiger partial charge is 0.340 e. The molecule has 6 aromatic heterocycles. The summed E-state index contributed by atoms with van der Waals surface area (Å²) in [7, 11) is 0. The van der Waals surface area contributed by atoms with Gasteiger partial charge in [-0.3, -0.25) is 4.79 Å². The van der Waals surface area contributed by atoms with Gasteiger partial charge in [-0.15, -0.1) is 0 Å². The Kier molecular flexibility index (Phi) is 32.1. The molecule has 8 aromatic carbocycles. The second kappa shape index (κ2) is 47.2. The number of aromatic nitrogens is 8. The van der Waals surface area contributed by atoms with Crippen LogP contribution in [-0.4, -0.2) is 70.0 Å². The minimum Gasteiger partial charge on any atom is -0.448 e. The topological polar surface area (TPSA) is 196 Å². The van der Waals surface area contributed by atoms with Gasteiger partial charge >= 0.3 is 11.9 Å². The second-order valence-electron chi connectivity index (χ2n) is 37.1. The number of allylic oxidation sites excluding steroid dienone is 1. The van der Waals surface area contributed by atoms with Crippen molar-refractivity contribution in [2.75, 3.05) is 0 Å². The first-order chi connectivity index (χ1) is 68.6. The first-order valence-corrected chi connectivity index (χ1v) is 50.9. The van der Waals surface area contributed by atoms with Crippen LogP contribution in [0, 0.1) is 0 Å². The maximum absolute atomic E-state index is 15.5. The molecule has 0 spiro atoms. The number of benzene rings is 8. The predicted molar refractivity (Wildman–Crippen MR) is 578 cm³/mol. The number of rotatable bonds is 43. The molecule has 1 amide bonds. The van der Waals surface area contributed by atoms with Gasteiger partial charge in [0, 0.05) is 95.1 Å². The van der Waals surface area contributed by atoms with Gasteiger partial charge in [-0.1, -0.05) is 380 Å². The van der Waals surface area contributed by atoms with Crippen molar-refractivity contribution >= 4 is 111 Å². The average molecular weight is 1830 g/mol. The summed E-state index contributed by atoms with van der Waals surface area (Å²) >= 11 is 0. The molecule has 0 saturated heterocycles. The fourth-order valence-electron chi connectivity index (χ4n) is 19.8. The standard InChI is InChI=1S/C125H125N9O5/c1-3-5-7-9-11-13-15-17-18-20-22-24-26-28-48-62-114(135)134-123(139-125(137)96-69-65-94(66-70-96)122-111-85-81-107(132-111)119(91-57-43-33-44-58-91)103-77-73-99(128-103)116(88-51-37-30-38-52-88)100-74-78-104(129-100)120(92-59-45-34-46-60-92)108-82-86-112(122)133-108)113(61-47-27-25-23-21-19-16-14-12-10-8-6-4-2)138-124(136)95-67-63-93(64-68-95)121-109-83-79-105(130-109)117(89-53-39-31-40-54-89)101-75-71-97(126-101)115(87-49-35-29-36-50-87)98-72-76-102(127-98)118(90-55-41-32-42-56-90)106-80-84-110(121)131-106/h29-47,49-61,63-86,113,123,126,128,131,133H,3-28,48,62H2,1-2H3,(H,134,135)/b61-47-,115-97?,115-98?,116-99?,116-100?,117-101?,117-105?,118-102?,118-106?,119-103?,119-107?,120-104?,120-108?,121-109?,121-110?,122-111?,122-112?/t113-,123-/m0/s1. The van der Waals surface area contributed by atoms with E-state index in [1.807, 2.05) is 91.0 Å². The normalized spacial score (nSPS) is 12.5. The van der Waals surface area contributed by atoms with Gasteiger partial charge in [-0.2, -0.15) is 0 Å². The number of fused-ring (bicyclic) bond motifs is 16. The molecule has 5 N–H and O–H groups in total. The van der Waals surface area contributed by atoms with E-state index in [-0.39, 0.29) is 23.5 Å². The Bertz CT molecular complexity index is 7030. The number of unbranched alkanes of at least 4 members (excludes halogenated alkanes) is 25. The number of carbonyl (C=O) groups excluding carboxylic acids is 3. The first kappa shape index (κ1) is 94.5. The van der Waals surface area contributed by atoms with E-state index < -0.39 is 24.3 Å². The SMILES string of the molecule is CCCCCCCCCCCCC/C=C\[C@H](OC(=O)c1ccc(-c2c3nc(c(-c4ccccc4)c4ccc([nH]4)c(-c4ccccc4)c4nc(c(-c5ccccc5)c5ccc2[nH]5)C=C4)C=C3)cc1)[C@@H](NC(=O)CCCCCCCCCCCCCCCCC)OC(=O)c1ccc(-c2c3nc(c(-c4ccccc4)c4ccc([nH]4)c(-c4ccccc4)c4nc(c(-c5ccccc5)c5ccc2[nH]5)C=C4)C=C3)cc1. The third kappa shape index (κ3) is 23.5. The lowest BCUT2D eigenvalue weighted by Crippen LogP contribution is -2.47. The number of hydrogen-bond acceptors (Lipinski definition) is 9. The number of ether oxygens (including phenoxy) is 2. The van der Waals surface area contributed by atoms with Gasteiger partial charge in [0.2, 0.25) is 12.1 Å². The van der Waals surface area contributed by atoms with E-state index in [1.165, 1.54) is 122 Å². The molecule has 0 radical (unpaired) electrons. The predicted octanol–water partition coefficient (Wildman–Crippen LogP) is 33.3. The molecule has 18 rings (SSSR count). The third-order valence-corrected chi connectivity index (χ3v) is 27.1. The molecule has 0 aliphatic carbocycles. The molecule has 14 aromatic rings. The van der Waals surface area contributed by atoms with Crippen LogP contribution in [0.5, 0.6) is 0 Å². The van der Waals surface area contributed by atoms with E-state index in [4.69, 9.17) is 29.4 Å². The van der Waals surface area contributed by atoms with E-state index in [9.17, 15) is 4.79 Å². The Morgan fingerprint density at radius 3 is 0.719 bits per heavy atom. The summed E-state index contributed by atoms with van der Waals surface area (Å²) in [6, 6.07) is 94.0. The quantitative estimate of drug-likeness (QED) is 0.0107. The molecule has 14 nitrogen and oxygen atoms in total. The zero-order valence-electron chi connectivity index (χ0n) is 80.1. The van der Waals surface area contributed by atoms with Crippen LogP contribution < -0.4 is 5.32 Å². The summed E-state index contributed by atoms with van der Waals surface area (Å²) < 4.78 is 13.4. The van der Waals surface area contributed by atoms with Crippen molar-refractivity contribution in [3.05, 3.63) is 348 Å². The van der Waals surface area contributed by atoms with Crippen LogP contribution in [0.15, 0.2) is 291 Å². The summed E-state index contributed by atoms with van der Waals surface area (Å²) in [6.45, 7) is 4.54. The lowest BCUT2D eigenvalue weighted by atomic mass is 10.0. The Hall–Kier alpha value is -14.9. The third-order valence-electron chi connectivity index (χ3n) is 27.1. The van der Waals surface area contributed by atoms with E-state index in [2.05, 4.69) is 258 Å². The highest BCUT2D eigenvalue weighted by Gasteiger charge is 2.32. The molecule has 4 aliphatic heterocycles. The lowest BCUT2D eigenvalue weighted by molar-refractivity contribution is -0.126. The van der Waals surface area contributed by atoms with Crippen molar-refractivity contribution in [1.82, 2.24) is 45.2 Å². The average Bonchev–Trinajstić information content (AvgIpc) is 1.62. The highest BCUT2D eigenvalue weighted by atomic mass is 16.6. The Morgan fingerprint density at radius 2 is 0.475 bits per heavy atom. The summed E-state index contributed by atoms with van der Waals surface area (Å²) in [4.78, 5) is 83.6. The molecule has 2 atom stereocenters. The highest BCUT2D eigenvalue weighted by molar-refractivity contribution is 6.04. The van der Waals surface area contributed by atoms with Gasteiger partial charge in [0.25, 0.3) is 0 Å². The maximum Gasteiger partial charge on any atom is 0.340 e. The van der Waals surface area contributed by atoms with Crippen molar-refractivity contribution < 1.29 is 23.9 Å². The molecule has 0 saturated carbocycles. The van der Waals surface area contributed by atoms with Gasteiger partial charge in [0.15, 0.2) is 6.10 Å². The molecule has 0 unspecified atom stereocenters. The van der Waals surface area contributed by atoms with Crippen LogP contribution in [0.3, 0.4) is 0 Å². The van der Waals surface area contributed by atoms with Crippen molar-refractivity contribution in [2.45, 2.75) is 206 Å². The minimum absolute atomic E-state index is 0.187. The molecular formula is C125H125N9O5. The molecule has 16 bridgehead atoms. The Morgan fingerprint density at radius 1 is 0.259 bits per heavy atom. The minimum atomic E-state index is -1.45. The first-order valence-electron chi connectivity index (χ1n) is 50.9. The monoisotopic (exact) mass is 1830 g/mol. The lowest BCUT2D eigenvalue weighted by Gasteiger charge is -2.26. The zero-order valence-corrected chi connectivity index (χ0v) is 80.1. The number of H-pyrrole nitrogens is 4. The van der Waals surface area contributed by atoms with Crippen LogP contribution in [0.25, 0.3) is 182 Å². The zero-order chi connectivity index (χ0) is 94.7. The number of hydrogen-bond donors (Lipinski definition) is 5. The fraction of sp³-hybridized carbons (Fsp3) is 0.256. The van der Waals surface area contributed by atoms with Gasteiger partial charge in [-0.05, 0) is 191 Å². The van der Waals surface area contributed by atoms with E-state index in [1.54, 1.807) is 30.3 Å². The molecule has 4 aliphatic rings. The number of aromatic amines is 4. The molecule has 700 valence electrons. The second-order valence-corrected chi connectivity index (χ2v) is 37.1. The summed E-state index contributed by atoms with van der Waals surface area (Å²) in [5.74, 6) is -1.70. The van der Waals surface area contributed by atoms with Crippen molar-refractivity contribution in [3.63, 3.8) is 0 Å². The largest absolute Gasteiger partial charge is 0.448 e. The van der Waals surface area contributed by atoms with Crippen molar-refractivity contribution in [1.29, 1.82) is 0 Å². The molecular weight excluding hydrogens is 1710 g/mol. The van der Waals surface area contributed by atoms with Crippen LogP contribution in [0.1, 0.15) is 260 Å². The number of esters is 2. The van der Waals surface area contributed by atoms with Gasteiger partial charge < -0.3 is 34.7 Å². The van der Waals surface area contributed by atoms with E-state index in [0.717, 1.165) is 206 Å². The van der Waals surface area contributed by atoms with Crippen LogP contribution >= 0.6 is 0 Å². The Labute approximate surface area is 817 Å². The van der Waals surface area contributed by atoms with Gasteiger partial charge in [0.1, 0.15) is 0 Å². The molecule has 139 heavy (non-hydrogen) atoms. The highest BCUT2D eigenvalue weighted by Crippen LogP contribution is 2.43. The Balaban J connectivity index is 0.696. The number of carbonyl (C=O) groups is 3. The maximum atomic E-state index is 15.5. The molecule has 0 fully saturated rings.